The average molecular weight is 489 g/mol. The summed E-state index contributed by atoms with van der Waals surface area (Å²) in [5.74, 6) is -0.172. The minimum Gasteiger partial charge on any atom is -0.339 e. The molecule has 2 heterocycles. The van der Waals surface area contributed by atoms with Gasteiger partial charge in [-0.15, -0.1) is 0 Å². The summed E-state index contributed by atoms with van der Waals surface area (Å²) in [5.41, 5.74) is 2.27. The van der Waals surface area contributed by atoms with Crippen molar-refractivity contribution in [1.82, 2.24) is 19.6 Å². The van der Waals surface area contributed by atoms with Gasteiger partial charge in [0.25, 0.3) is 0 Å². The molecule has 7 heteroatoms. The molecule has 7 nitrogen and oxygen atoms in total. The van der Waals surface area contributed by atoms with E-state index in [0.717, 1.165) is 25.2 Å². The zero-order valence-corrected chi connectivity index (χ0v) is 21.1. The van der Waals surface area contributed by atoms with Gasteiger partial charge in [-0.25, -0.2) is 0 Å². The second-order valence-corrected chi connectivity index (χ2v) is 9.68. The van der Waals surface area contributed by atoms with E-state index in [0.29, 0.717) is 39.0 Å². The number of nitrogens with zero attached hydrogens (tertiary/aromatic N) is 4. The molecule has 3 amide bonds. The number of carbonyl (C=O) groups is 3. The van der Waals surface area contributed by atoms with E-state index in [2.05, 4.69) is 17.0 Å². The highest BCUT2D eigenvalue weighted by Crippen LogP contribution is 2.20. The van der Waals surface area contributed by atoms with Gasteiger partial charge in [-0.2, -0.15) is 0 Å². The van der Waals surface area contributed by atoms with Crippen LogP contribution in [0, 0.1) is 5.92 Å². The summed E-state index contributed by atoms with van der Waals surface area (Å²) in [7, 11) is 1.71. The van der Waals surface area contributed by atoms with E-state index in [1.807, 2.05) is 59.5 Å². The molecule has 0 saturated carbocycles. The largest absolute Gasteiger partial charge is 0.339 e. The molecular weight excluding hydrogens is 452 g/mol. The van der Waals surface area contributed by atoms with E-state index in [9.17, 15) is 14.4 Å². The summed E-state index contributed by atoms with van der Waals surface area (Å²) in [5, 5.41) is 0. The van der Waals surface area contributed by atoms with Crippen LogP contribution in [0.15, 0.2) is 66.7 Å². The van der Waals surface area contributed by atoms with Crippen LogP contribution in [0.3, 0.4) is 0 Å². The van der Waals surface area contributed by atoms with Gasteiger partial charge < -0.3 is 14.7 Å². The number of rotatable bonds is 7. The summed E-state index contributed by atoms with van der Waals surface area (Å²) >= 11 is 0. The third kappa shape index (κ3) is 7.04. The van der Waals surface area contributed by atoms with Gasteiger partial charge in [-0.3, -0.25) is 19.3 Å². The van der Waals surface area contributed by atoms with E-state index in [1.54, 1.807) is 22.9 Å². The molecule has 2 aromatic carbocycles. The normalized spacial score (nSPS) is 17.4. The predicted octanol–water partition coefficient (Wildman–Crippen LogP) is 2.74. The number of piperazine rings is 1. The van der Waals surface area contributed by atoms with Crippen molar-refractivity contribution in [1.29, 1.82) is 0 Å². The van der Waals surface area contributed by atoms with Crippen LogP contribution in [0.4, 0.5) is 0 Å². The van der Waals surface area contributed by atoms with Crippen LogP contribution in [0.1, 0.15) is 24.0 Å². The number of carbonyl (C=O) groups excluding carboxylic acids is 3. The van der Waals surface area contributed by atoms with Gasteiger partial charge in [0.1, 0.15) is 0 Å². The highest BCUT2D eigenvalue weighted by molar-refractivity contribution is 5.92. The third-order valence-electron chi connectivity index (χ3n) is 7.10. The first-order valence-corrected chi connectivity index (χ1v) is 12.8. The van der Waals surface area contributed by atoms with E-state index in [4.69, 9.17) is 0 Å². The van der Waals surface area contributed by atoms with Crippen LogP contribution >= 0.6 is 0 Å². The standard InChI is InChI=1S/C29H36N4O3/c1-30(23-28(35)33-20-18-31(19-21-33)22-25-10-6-3-7-11-25)29(36)26-14-16-32(17-15-26)27(34)13-12-24-8-4-2-5-9-24/h2-13,26H,14-23H2,1H3/b13-12+. The van der Waals surface area contributed by atoms with Gasteiger partial charge in [0.2, 0.25) is 17.7 Å². The Kier molecular flexibility index (Phi) is 8.90. The molecule has 36 heavy (non-hydrogen) atoms. The van der Waals surface area contributed by atoms with Crippen molar-refractivity contribution >= 4 is 23.8 Å². The molecule has 2 saturated heterocycles. The first kappa shape index (κ1) is 25.6. The Morgan fingerprint density at radius 1 is 0.833 bits per heavy atom. The summed E-state index contributed by atoms with van der Waals surface area (Å²) in [6.07, 6.45) is 4.67. The number of amides is 3. The SMILES string of the molecule is CN(CC(=O)N1CCN(Cc2ccccc2)CC1)C(=O)C1CCN(C(=O)/C=C/c2ccccc2)CC1. The molecule has 0 aromatic heterocycles. The van der Waals surface area contributed by atoms with Gasteiger partial charge in [-0.05, 0) is 30.0 Å². The Hall–Kier alpha value is -3.45. The highest BCUT2D eigenvalue weighted by Gasteiger charge is 2.30. The molecule has 0 bridgehead atoms. The van der Waals surface area contributed by atoms with Gasteiger partial charge >= 0.3 is 0 Å². The predicted molar refractivity (Wildman–Crippen MR) is 141 cm³/mol. The molecule has 2 aliphatic rings. The summed E-state index contributed by atoms with van der Waals surface area (Å²) in [4.78, 5) is 45.9. The van der Waals surface area contributed by atoms with Crippen molar-refractivity contribution in [3.05, 3.63) is 77.9 Å². The highest BCUT2D eigenvalue weighted by atomic mass is 16.2. The topological polar surface area (TPSA) is 64.2 Å². The van der Waals surface area contributed by atoms with Crippen molar-refractivity contribution in [2.24, 2.45) is 5.92 Å². The van der Waals surface area contributed by atoms with Crippen LogP contribution in [-0.2, 0) is 20.9 Å². The minimum absolute atomic E-state index is 0.00186. The van der Waals surface area contributed by atoms with Crippen molar-refractivity contribution in [2.45, 2.75) is 19.4 Å². The molecule has 190 valence electrons. The molecule has 0 N–H and O–H groups in total. The smallest absolute Gasteiger partial charge is 0.246 e. The number of piperidine rings is 1. The van der Waals surface area contributed by atoms with Crippen molar-refractivity contribution in [3.8, 4) is 0 Å². The average Bonchev–Trinajstić information content (AvgIpc) is 2.93. The number of hydrogen-bond acceptors (Lipinski definition) is 4. The maximum atomic E-state index is 13.0. The lowest BCUT2D eigenvalue weighted by atomic mass is 9.95. The maximum Gasteiger partial charge on any atom is 0.246 e. The number of benzene rings is 2. The summed E-state index contributed by atoms with van der Waals surface area (Å²) < 4.78 is 0. The first-order valence-electron chi connectivity index (χ1n) is 12.8. The molecule has 2 aromatic rings. The van der Waals surface area contributed by atoms with E-state index < -0.39 is 0 Å². The number of likely N-dealkylation sites (tertiary alicyclic amines) is 1. The van der Waals surface area contributed by atoms with Crippen LogP contribution in [0.25, 0.3) is 6.08 Å². The van der Waals surface area contributed by atoms with Crippen molar-refractivity contribution in [3.63, 3.8) is 0 Å². The fourth-order valence-electron chi connectivity index (χ4n) is 4.87. The zero-order chi connectivity index (χ0) is 25.3. The van der Waals surface area contributed by atoms with Crippen LogP contribution in [0.2, 0.25) is 0 Å². The second kappa shape index (κ2) is 12.5. The van der Waals surface area contributed by atoms with Crippen LogP contribution in [0.5, 0.6) is 0 Å². The van der Waals surface area contributed by atoms with Gasteiger partial charge in [-0.1, -0.05) is 60.7 Å². The molecule has 0 radical (unpaired) electrons. The van der Waals surface area contributed by atoms with Gasteiger partial charge in [0.05, 0.1) is 6.54 Å². The lowest BCUT2D eigenvalue weighted by Gasteiger charge is -2.36. The monoisotopic (exact) mass is 488 g/mol. The van der Waals surface area contributed by atoms with Crippen molar-refractivity contribution in [2.75, 3.05) is 52.9 Å². The van der Waals surface area contributed by atoms with E-state index >= 15 is 0 Å². The Morgan fingerprint density at radius 2 is 1.44 bits per heavy atom. The number of likely N-dealkylation sites (N-methyl/N-ethyl adjacent to an activating group) is 1. The lowest BCUT2D eigenvalue weighted by molar-refractivity contribution is -0.144. The molecule has 2 aliphatic heterocycles. The number of hydrogen-bond donors (Lipinski definition) is 0. The zero-order valence-electron chi connectivity index (χ0n) is 21.1. The Morgan fingerprint density at radius 3 is 2.08 bits per heavy atom. The maximum absolute atomic E-state index is 13.0. The van der Waals surface area contributed by atoms with Crippen molar-refractivity contribution < 1.29 is 14.4 Å². The van der Waals surface area contributed by atoms with Gasteiger partial charge in [0.15, 0.2) is 0 Å². The van der Waals surface area contributed by atoms with Gasteiger partial charge in [0, 0.05) is 64.9 Å². The fraction of sp³-hybridized carbons (Fsp3) is 0.414. The molecule has 0 spiro atoms. The molecule has 4 rings (SSSR count). The Bertz CT molecular complexity index is 1040. The van der Waals surface area contributed by atoms with Crippen LogP contribution in [-0.4, -0.2) is 90.2 Å². The summed E-state index contributed by atoms with van der Waals surface area (Å²) in [6.45, 7) is 5.16. The molecule has 2 fully saturated rings. The second-order valence-electron chi connectivity index (χ2n) is 9.68. The molecule has 0 atom stereocenters. The Labute approximate surface area is 214 Å². The quantitative estimate of drug-likeness (QED) is 0.563. The summed E-state index contributed by atoms with van der Waals surface area (Å²) in [6, 6.07) is 20.1. The molecular formula is C29H36N4O3. The minimum atomic E-state index is -0.146. The van der Waals surface area contributed by atoms with Crippen LogP contribution < -0.4 is 0 Å². The Balaban J connectivity index is 1.17. The molecule has 0 aliphatic carbocycles. The lowest BCUT2D eigenvalue weighted by Crippen LogP contribution is -2.51. The fourth-order valence-corrected chi connectivity index (χ4v) is 4.87. The van der Waals surface area contributed by atoms with E-state index in [-0.39, 0.29) is 30.2 Å². The first-order chi connectivity index (χ1) is 17.5. The molecule has 0 unspecified atom stereocenters. The van der Waals surface area contributed by atoms with E-state index in [1.165, 1.54) is 5.56 Å². The third-order valence-corrected chi connectivity index (χ3v) is 7.10.